The molecule has 0 radical (unpaired) electrons. The third-order valence-corrected chi connectivity index (χ3v) is 12.8. The van der Waals surface area contributed by atoms with E-state index in [1.807, 2.05) is 0 Å². The van der Waals surface area contributed by atoms with Crippen LogP contribution in [0.3, 0.4) is 0 Å². The summed E-state index contributed by atoms with van der Waals surface area (Å²) in [7, 11) is 0. The van der Waals surface area contributed by atoms with E-state index in [9.17, 15) is 14.4 Å². The zero-order valence-corrected chi connectivity index (χ0v) is 52.6. The highest BCUT2D eigenvalue weighted by Crippen LogP contribution is 2.13. The molecule has 0 amide bonds. The van der Waals surface area contributed by atoms with Crippen molar-refractivity contribution in [3.63, 3.8) is 0 Å². The van der Waals surface area contributed by atoms with Crippen molar-refractivity contribution in [3.8, 4) is 0 Å². The molecular weight excluding hydrogens is 1020 g/mol. The minimum atomic E-state index is -0.839. The molecule has 83 heavy (non-hydrogen) atoms. The van der Waals surface area contributed by atoms with Gasteiger partial charge in [-0.1, -0.05) is 266 Å². The molecule has 6 nitrogen and oxygen atoms in total. The molecule has 0 aliphatic heterocycles. The van der Waals surface area contributed by atoms with Gasteiger partial charge in [0.05, 0.1) is 0 Å². The van der Waals surface area contributed by atoms with Gasteiger partial charge in [-0.3, -0.25) is 14.4 Å². The molecule has 1 atom stereocenters. The van der Waals surface area contributed by atoms with Crippen molar-refractivity contribution >= 4 is 17.9 Å². The van der Waals surface area contributed by atoms with Crippen molar-refractivity contribution in [3.05, 3.63) is 207 Å². The fourth-order valence-electron chi connectivity index (χ4n) is 8.01. The number of carbonyl (C=O) groups excluding carboxylic acids is 3. The maximum atomic E-state index is 12.9. The topological polar surface area (TPSA) is 78.9 Å². The van der Waals surface area contributed by atoms with Crippen LogP contribution in [-0.4, -0.2) is 37.2 Å². The first-order chi connectivity index (χ1) is 41.0. The maximum Gasteiger partial charge on any atom is 0.306 e. The van der Waals surface area contributed by atoms with Gasteiger partial charge in [0.15, 0.2) is 6.10 Å². The Kier molecular flexibility index (Phi) is 63.5. The van der Waals surface area contributed by atoms with Gasteiger partial charge in [0.1, 0.15) is 13.2 Å². The summed E-state index contributed by atoms with van der Waals surface area (Å²) in [6.07, 6.45) is 105. The average Bonchev–Trinajstić information content (AvgIpc) is 3.49. The van der Waals surface area contributed by atoms with Gasteiger partial charge in [0, 0.05) is 19.3 Å². The Balaban J connectivity index is 4.53. The summed E-state index contributed by atoms with van der Waals surface area (Å²) in [5.74, 6) is -1.04. The molecular formula is C77H116O6. The molecule has 0 N–H and O–H groups in total. The third-order valence-electron chi connectivity index (χ3n) is 12.8. The van der Waals surface area contributed by atoms with Crippen LogP contribution in [0.25, 0.3) is 0 Å². The number of hydrogen-bond acceptors (Lipinski definition) is 6. The Morgan fingerprint density at radius 3 is 0.735 bits per heavy atom. The van der Waals surface area contributed by atoms with E-state index in [0.717, 1.165) is 167 Å². The van der Waals surface area contributed by atoms with E-state index in [4.69, 9.17) is 14.2 Å². The molecule has 0 aromatic rings. The number of carbonyl (C=O) groups is 3. The Hall–Kier alpha value is -6.01. The smallest absolute Gasteiger partial charge is 0.306 e. The zero-order valence-electron chi connectivity index (χ0n) is 52.6. The molecule has 0 saturated carbocycles. The van der Waals surface area contributed by atoms with E-state index < -0.39 is 6.10 Å². The van der Waals surface area contributed by atoms with Crippen LogP contribution >= 0.6 is 0 Å². The molecule has 0 aliphatic carbocycles. The molecule has 0 aliphatic rings. The van der Waals surface area contributed by atoms with E-state index in [1.54, 1.807) is 0 Å². The van der Waals surface area contributed by atoms with E-state index in [0.29, 0.717) is 19.3 Å². The fourth-order valence-corrected chi connectivity index (χ4v) is 8.01. The van der Waals surface area contributed by atoms with Crippen molar-refractivity contribution in [2.24, 2.45) is 0 Å². The second-order valence-corrected chi connectivity index (χ2v) is 20.5. The number of allylic oxidation sites excluding steroid dienone is 34. The molecule has 0 aromatic carbocycles. The minimum absolute atomic E-state index is 0.127. The molecule has 1 unspecified atom stereocenters. The van der Waals surface area contributed by atoms with Crippen molar-refractivity contribution in [2.45, 2.75) is 245 Å². The molecule has 0 spiro atoms. The van der Waals surface area contributed by atoms with Gasteiger partial charge in [0.2, 0.25) is 0 Å². The van der Waals surface area contributed by atoms with Crippen LogP contribution in [-0.2, 0) is 28.6 Å². The van der Waals surface area contributed by atoms with Crippen molar-refractivity contribution in [1.29, 1.82) is 0 Å². The number of rotatable bonds is 56. The molecule has 0 fully saturated rings. The van der Waals surface area contributed by atoms with Crippen molar-refractivity contribution in [1.82, 2.24) is 0 Å². The average molecular weight is 1140 g/mol. The quantitative estimate of drug-likeness (QED) is 0.0261. The van der Waals surface area contributed by atoms with E-state index in [2.05, 4.69) is 227 Å². The largest absolute Gasteiger partial charge is 0.462 e. The lowest BCUT2D eigenvalue weighted by Gasteiger charge is -2.18. The van der Waals surface area contributed by atoms with Crippen LogP contribution in [0.1, 0.15) is 239 Å². The number of unbranched alkanes of at least 4 members (excludes halogenated alkanes) is 11. The first kappa shape index (κ1) is 77.0. The summed E-state index contributed by atoms with van der Waals surface area (Å²) < 4.78 is 16.8. The van der Waals surface area contributed by atoms with Crippen LogP contribution in [0.4, 0.5) is 0 Å². The van der Waals surface area contributed by atoms with E-state index in [1.165, 1.54) is 19.3 Å². The van der Waals surface area contributed by atoms with Gasteiger partial charge in [0.25, 0.3) is 0 Å². The molecule has 6 heteroatoms. The van der Waals surface area contributed by atoms with Crippen LogP contribution in [0.5, 0.6) is 0 Å². The number of ether oxygens (including phenoxy) is 3. The van der Waals surface area contributed by atoms with Crippen LogP contribution < -0.4 is 0 Å². The molecule has 0 heterocycles. The van der Waals surface area contributed by atoms with Gasteiger partial charge in [-0.05, 0) is 161 Å². The standard InChI is InChI=1S/C77H116O6/c1-4-7-10-13-16-19-22-25-28-31-33-34-35-36-37-38-39-40-41-42-44-46-49-52-55-58-61-64-67-70-76(79)82-73-74(72-81-75(78)69-66-63-60-57-54-51-48-45-30-27-24-21-18-15-12-9-6-3)83-77(80)71-68-65-62-59-56-53-50-47-43-32-29-26-23-20-17-14-11-8-5-2/h7-12,16-21,25-30,33-34,36-37,39-40,42-44,47-48,51,53,56-57,60,74H,4-6,13-15,22-24,31-32,35,38,41,45-46,49-50,52,54-55,58-59,61-73H2,1-3H3/b10-7-,11-8-,12-9-,19-16-,20-17-,21-18-,28-25-,29-26-,30-27-,34-33-,37-36-,40-39-,44-42-,47-43-,51-48-,56-53-,60-57-. The first-order valence-electron chi connectivity index (χ1n) is 32.6. The fraction of sp³-hybridized carbons (Fsp3) is 0.519. The van der Waals surface area contributed by atoms with E-state index in [-0.39, 0.29) is 44.0 Å². The highest BCUT2D eigenvalue weighted by Gasteiger charge is 2.19. The summed E-state index contributed by atoms with van der Waals surface area (Å²) in [4.78, 5) is 38.4. The first-order valence-corrected chi connectivity index (χ1v) is 32.6. The highest BCUT2D eigenvalue weighted by molar-refractivity contribution is 5.71. The SMILES string of the molecule is CC/C=C\C/C=C\C/C=C\C/C=C\C/C=C\C/C=C\C/C=C\CCCCCCCCCC(=O)OCC(COC(=O)CCC/C=C\C/C=C\C/C=C\C/C=C\C/C=C\CC)OC(=O)CCCCC/C=C\C/C=C\C/C=C\C/C=C\C/C=C\CC. The summed E-state index contributed by atoms with van der Waals surface area (Å²) in [6, 6.07) is 0. The molecule has 460 valence electrons. The van der Waals surface area contributed by atoms with Crippen LogP contribution in [0, 0.1) is 0 Å². The van der Waals surface area contributed by atoms with Crippen molar-refractivity contribution < 1.29 is 28.6 Å². The Labute approximate surface area is 509 Å². The van der Waals surface area contributed by atoms with Gasteiger partial charge >= 0.3 is 17.9 Å². The zero-order chi connectivity index (χ0) is 59.9. The van der Waals surface area contributed by atoms with Crippen LogP contribution in [0.15, 0.2) is 207 Å². The number of esters is 3. The summed E-state index contributed by atoms with van der Waals surface area (Å²) in [5, 5.41) is 0. The predicted octanol–water partition coefficient (Wildman–Crippen LogP) is 22.8. The van der Waals surface area contributed by atoms with Gasteiger partial charge in [-0.2, -0.15) is 0 Å². The Morgan fingerprint density at radius 1 is 0.241 bits per heavy atom. The lowest BCUT2D eigenvalue weighted by atomic mass is 10.1. The number of hydrogen-bond donors (Lipinski definition) is 0. The summed E-state index contributed by atoms with van der Waals surface area (Å²) in [6.45, 7) is 6.19. The lowest BCUT2D eigenvalue weighted by molar-refractivity contribution is -0.167. The second kappa shape index (κ2) is 68.5. The van der Waals surface area contributed by atoms with Gasteiger partial charge in [-0.25, -0.2) is 0 Å². The third kappa shape index (κ3) is 66.7. The summed E-state index contributed by atoms with van der Waals surface area (Å²) in [5.41, 5.74) is 0. The highest BCUT2D eigenvalue weighted by atomic mass is 16.6. The van der Waals surface area contributed by atoms with Crippen molar-refractivity contribution in [2.75, 3.05) is 13.2 Å². The molecule has 0 aromatic heterocycles. The van der Waals surface area contributed by atoms with Crippen LogP contribution in [0.2, 0.25) is 0 Å². The van der Waals surface area contributed by atoms with Gasteiger partial charge < -0.3 is 14.2 Å². The minimum Gasteiger partial charge on any atom is -0.462 e. The Bertz CT molecular complexity index is 2030. The summed E-state index contributed by atoms with van der Waals surface area (Å²) >= 11 is 0. The monoisotopic (exact) mass is 1140 g/mol. The molecule has 0 bridgehead atoms. The van der Waals surface area contributed by atoms with E-state index >= 15 is 0 Å². The Morgan fingerprint density at radius 2 is 0.446 bits per heavy atom. The van der Waals surface area contributed by atoms with Gasteiger partial charge in [-0.15, -0.1) is 0 Å². The normalized spacial score (nSPS) is 13.5. The maximum absolute atomic E-state index is 12.9. The molecule has 0 rings (SSSR count). The predicted molar refractivity (Wildman–Crippen MR) is 361 cm³/mol. The molecule has 0 saturated heterocycles. The lowest BCUT2D eigenvalue weighted by Crippen LogP contribution is -2.30. The second-order valence-electron chi connectivity index (χ2n) is 20.5.